The number of hydrogen-bond acceptors (Lipinski definition) is 5. The summed E-state index contributed by atoms with van der Waals surface area (Å²) in [5.41, 5.74) is 1.28. The molecule has 2 aliphatic rings. The fourth-order valence-electron chi connectivity index (χ4n) is 3.90. The van der Waals surface area contributed by atoms with Gasteiger partial charge in [0.2, 0.25) is 17.6 Å². The Hall–Kier alpha value is -1.63. The van der Waals surface area contributed by atoms with E-state index in [-0.39, 0.29) is 18.3 Å². The Morgan fingerprint density at radius 2 is 1.96 bits per heavy atom. The second-order valence-electron chi connectivity index (χ2n) is 7.33. The van der Waals surface area contributed by atoms with Crippen molar-refractivity contribution in [1.82, 2.24) is 20.4 Å². The van der Waals surface area contributed by atoms with Crippen LogP contribution in [0.4, 0.5) is 0 Å². The van der Waals surface area contributed by atoms with Crippen LogP contribution in [0.25, 0.3) is 11.4 Å². The molecule has 2 fully saturated rings. The smallest absolute Gasteiger partial charge is 0.227 e. The van der Waals surface area contributed by atoms with Crippen LogP contribution in [0.3, 0.4) is 0 Å². The van der Waals surface area contributed by atoms with E-state index in [2.05, 4.69) is 15.5 Å². The highest BCUT2D eigenvalue weighted by molar-refractivity contribution is 6.30. The van der Waals surface area contributed by atoms with Crippen molar-refractivity contribution in [3.63, 3.8) is 0 Å². The molecule has 0 saturated carbocycles. The third-order valence-corrected chi connectivity index (χ3v) is 5.88. The first-order valence-corrected chi connectivity index (χ1v) is 9.58. The van der Waals surface area contributed by atoms with Crippen molar-refractivity contribution in [3.05, 3.63) is 35.2 Å². The van der Waals surface area contributed by atoms with E-state index in [9.17, 15) is 4.79 Å². The molecule has 3 heterocycles. The lowest BCUT2D eigenvalue weighted by Crippen LogP contribution is -2.44. The molecule has 1 aromatic heterocycles. The third kappa shape index (κ3) is 4.62. The van der Waals surface area contributed by atoms with Gasteiger partial charge in [-0.2, -0.15) is 4.98 Å². The second-order valence-corrected chi connectivity index (χ2v) is 7.76. The van der Waals surface area contributed by atoms with Crippen LogP contribution in [0.5, 0.6) is 0 Å². The molecule has 2 saturated heterocycles. The summed E-state index contributed by atoms with van der Waals surface area (Å²) in [5, 5.41) is 8.11. The van der Waals surface area contributed by atoms with Gasteiger partial charge < -0.3 is 14.7 Å². The molecule has 0 radical (unpaired) electrons. The minimum absolute atomic E-state index is 0. The Kier molecular flexibility index (Phi) is 6.40. The van der Waals surface area contributed by atoms with Crippen LogP contribution >= 0.6 is 24.0 Å². The van der Waals surface area contributed by atoms with E-state index >= 15 is 0 Å². The van der Waals surface area contributed by atoms with Gasteiger partial charge in [-0.05, 0) is 55.5 Å². The van der Waals surface area contributed by atoms with Gasteiger partial charge in [0.15, 0.2) is 0 Å². The van der Waals surface area contributed by atoms with Gasteiger partial charge in [0.25, 0.3) is 0 Å². The molecule has 0 bridgehead atoms. The molecule has 8 heteroatoms. The molecular weight excluding hydrogens is 387 g/mol. The van der Waals surface area contributed by atoms with Crippen molar-refractivity contribution in [2.24, 2.45) is 5.41 Å². The number of halogens is 2. The molecule has 1 amide bonds. The summed E-state index contributed by atoms with van der Waals surface area (Å²) in [6.45, 7) is 3.94. The van der Waals surface area contributed by atoms with Gasteiger partial charge in [0, 0.05) is 43.1 Å². The number of aryl methyl sites for hydroxylation is 1. The van der Waals surface area contributed by atoms with Gasteiger partial charge in [-0.1, -0.05) is 16.8 Å². The first-order valence-electron chi connectivity index (χ1n) is 9.21. The number of piperidine rings is 1. The first-order chi connectivity index (χ1) is 12.6. The van der Waals surface area contributed by atoms with Crippen LogP contribution in [-0.2, 0) is 11.2 Å². The zero-order chi connectivity index (χ0) is 18.0. The number of carbonyl (C=O) groups excluding carboxylic acids is 1. The molecule has 1 spiro atoms. The van der Waals surface area contributed by atoms with E-state index in [4.69, 9.17) is 16.1 Å². The fraction of sp³-hybridized carbons (Fsp3) is 0.526. The van der Waals surface area contributed by atoms with E-state index in [1.54, 1.807) is 12.1 Å². The largest absolute Gasteiger partial charge is 0.343 e. The zero-order valence-electron chi connectivity index (χ0n) is 15.1. The highest BCUT2D eigenvalue weighted by Crippen LogP contribution is 2.37. The maximum Gasteiger partial charge on any atom is 0.227 e. The maximum atomic E-state index is 12.5. The average molecular weight is 411 g/mol. The van der Waals surface area contributed by atoms with Crippen LogP contribution in [0.15, 0.2) is 28.8 Å². The number of amides is 1. The maximum absolute atomic E-state index is 12.5. The summed E-state index contributed by atoms with van der Waals surface area (Å²) < 4.78 is 5.29. The molecule has 4 rings (SSSR count). The Balaban J connectivity index is 0.00000210. The number of hydrogen-bond donors (Lipinski definition) is 1. The number of nitrogens with one attached hydrogen (secondary N) is 1. The van der Waals surface area contributed by atoms with E-state index in [1.807, 2.05) is 17.0 Å². The highest BCUT2D eigenvalue weighted by atomic mass is 35.5. The minimum Gasteiger partial charge on any atom is -0.343 e. The normalized spacial score (nSPS) is 18.5. The first kappa shape index (κ1) is 20.1. The fourth-order valence-corrected chi connectivity index (χ4v) is 4.02. The Labute approximate surface area is 170 Å². The van der Waals surface area contributed by atoms with Gasteiger partial charge in [-0.15, -0.1) is 12.4 Å². The molecule has 2 aliphatic heterocycles. The second kappa shape index (κ2) is 8.59. The van der Waals surface area contributed by atoms with E-state index in [1.165, 1.54) is 6.42 Å². The van der Waals surface area contributed by atoms with Crippen LogP contribution in [-0.4, -0.2) is 47.1 Å². The number of aromatic nitrogens is 2. The summed E-state index contributed by atoms with van der Waals surface area (Å²) >= 11 is 5.89. The molecule has 27 heavy (non-hydrogen) atoms. The molecule has 2 aromatic rings. The molecule has 0 aliphatic carbocycles. The van der Waals surface area contributed by atoms with Gasteiger partial charge >= 0.3 is 0 Å². The quantitative estimate of drug-likeness (QED) is 0.836. The molecule has 0 atom stereocenters. The van der Waals surface area contributed by atoms with Gasteiger partial charge in [0.05, 0.1) is 0 Å². The lowest BCUT2D eigenvalue weighted by Gasteiger charge is -2.38. The Morgan fingerprint density at radius 1 is 1.22 bits per heavy atom. The molecule has 0 unspecified atom stereocenters. The van der Waals surface area contributed by atoms with Crippen LogP contribution in [0.2, 0.25) is 5.02 Å². The summed E-state index contributed by atoms with van der Waals surface area (Å²) in [5.74, 6) is 1.20. The number of carbonyl (C=O) groups is 1. The molecule has 1 N–H and O–H groups in total. The third-order valence-electron chi connectivity index (χ3n) is 5.63. The van der Waals surface area contributed by atoms with Crippen LogP contribution < -0.4 is 5.32 Å². The predicted octanol–water partition coefficient (Wildman–Crippen LogP) is 3.35. The van der Waals surface area contributed by atoms with Crippen molar-refractivity contribution in [2.45, 2.75) is 32.1 Å². The molecular formula is C19H24Cl2N4O2. The van der Waals surface area contributed by atoms with Crippen molar-refractivity contribution in [3.8, 4) is 11.4 Å². The summed E-state index contributed by atoms with van der Waals surface area (Å²) in [6.07, 6.45) is 4.33. The van der Waals surface area contributed by atoms with Crippen LogP contribution in [0.1, 0.15) is 31.6 Å². The predicted molar refractivity (Wildman–Crippen MR) is 106 cm³/mol. The standard InChI is InChI=1S/C19H23ClN4O2.ClH/c20-15-3-1-14(2-4-15)18-22-16(26-23-18)5-6-17(25)24-11-8-19(9-12-24)7-10-21-13-19;/h1-4,21H,5-13H2;1H. The zero-order valence-corrected chi connectivity index (χ0v) is 16.7. The van der Waals surface area contributed by atoms with E-state index in [0.29, 0.717) is 35.0 Å². The summed E-state index contributed by atoms with van der Waals surface area (Å²) in [6, 6.07) is 7.28. The average Bonchev–Trinajstić information content (AvgIpc) is 3.31. The van der Waals surface area contributed by atoms with Crippen molar-refractivity contribution < 1.29 is 9.32 Å². The minimum atomic E-state index is 0. The number of benzene rings is 1. The lowest BCUT2D eigenvalue weighted by molar-refractivity contribution is -0.133. The lowest BCUT2D eigenvalue weighted by atomic mass is 9.78. The van der Waals surface area contributed by atoms with Crippen LogP contribution in [0, 0.1) is 5.41 Å². The van der Waals surface area contributed by atoms with Crippen molar-refractivity contribution in [1.29, 1.82) is 0 Å². The van der Waals surface area contributed by atoms with Gasteiger partial charge in [-0.3, -0.25) is 4.79 Å². The molecule has 6 nitrogen and oxygen atoms in total. The van der Waals surface area contributed by atoms with Gasteiger partial charge in [-0.25, -0.2) is 0 Å². The molecule has 146 valence electrons. The SMILES string of the molecule is Cl.O=C(CCc1nc(-c2ccc(Cl)cc2)no1)N1CCC2(CCNC2)CC1. The Morgan fingerprint density at radius 3 is 2.63 bits per heavy atom. The number of nitrogens with zero attached hydrogens (tertiary/aromatic N) is 3. The van der Waals surface area contributed by atoms with Crippen molar-refractivity contribution >= 4 is 29.9 Å². The van der Waals surface area contributed by atoms with Gasteiger partial charge in [0.1, 0.15) is 0 Å². The van der Waals surface area contributed by atoms with Crippen molar-refractivity contribution in [2.75, 3.05) is 26.2 Å². The highest BCUT2D eigenvalue weighted by Gasteiger charge is 2.37. The summed E-state index contributed by atoms with van der Waals surface area (Å²) in [7, 11) is 0. The summed E-state index contributed by atoms with van der Waals surface area (Å²) in [4.78, 5) is 18.9. The topological polar surface area (TPSA) is 71.3 Å². The Bertz CT molecular complexity index is 762. The monoisotopic (exact) mass is 410 g/mol. The van der Waals surface area contributed by atoms with E-state index in [0.717, 1.165) is 44.6 Å². The van der Waals surface area contributed by atoms with E-state index < -0.39 is 0 Å². The number of likely N-dealkylation sites (tertiary alicyclic amines) is 1. The number of rotatable bonds is 4. The molecule has 1 aromatic carbocycles.